The predicted octanol–water partition coefficient (Wildman–Crippen LogP) is 1.54. The van der Waals surface area contributed by atoms with E-state index in [9.17, 15) is 8.42 Å². The summed E-state index contributed by atoms with van der Waals surface area (Å²) in [5.41, 5.74) is -0.366. The largest absolute Gasteiger partial charge is 0.315 e. The average Bonchev–Trinajstić information content (AvgIpc) is 2.74. The van der Waals surface area contributed by atoms with Gasteiger partial charge in [-0.05, 0) is 48.0 Å². The molecule has 1 unspecified atom stereocenters. The molecule has 16 heavy (non-hydrogen) atoms. The monoisotopic (exact) mass is 324 g/mol. The zero-order valence-corrected chi connectivity index (χ0v) is 12.0. The van der Waals surface area contributed by atoms with Crippen LogP contribution in [0, 0.1) is 0 Å². The van der Waals surface area contributed by atoms with Crippen molar-refractivity contribution in [3.63, 3.8) is 0 Å². The van der Waals surface area contributed by atoms with Crippen LogP contribution < -0.4 is 10.0 Å². The van der Waals surface area contributed by atoms with Crippen LogP contribution in [-0.2, 0) is 10.0 Å². The molecule has 0 bridgehead atoms. The minimum atomic E-state index is -3.38. The van der Waals surface area contributed by atoms with Crippen molar-refractivity contribution >= 4 is 37.3 Å². The molecule has 0 saturated carbocycles. The van der Waals surface area contributed by atoms with Gasteiger partial charge in [0, 0.05) is 12.1 Å². The standard InChI is InChI=1S/C9H13BrN2O2S2/c1-9(4-5-11-6-9)12-16(13,14)8-3-2-7(10)15-8/h2-3,11-12H,4-6H2,1H3. The van der Waals surface area contributed by atoms with E-state index in [4.69, 9.17) is 0 Å². The Morgan fingerprint density at radius 3 is 2.81 bits per heavy atom. The summed E-state index contributed by atoms with van der Waals surface area (Å²) in [5, 5.41) is 3.16. The van der Waals surface area contributed by atoms with Crippen molar-refractivity contribution in [2.24, 2.45) is 0 Å². The highest BCUT2D eigenvalue weighted by Crippen LogP contribution is 2.27. The van der Waals surface area contributed by atoms with Gasteiger partial charge in [0.15, 0.2) is 0 Å². The molecule has 2 N–H and O–H groups in total. The second-order valence-electron chi connectivity index (χ2n) is 4.15. The van der Waals surface area contributed by atoms with Crippen molar-refractivity contribution in [2.75, 3.05) is 13.1 Å². The number of hydrogen-bond acceptors (Lipinski definition) is 4. The van der Waals surface area contributed by atoms with Crippen LogP contribution in [0.5, 0.6) is 0 Å². The van der Waals surface area contributed by atoms with Gasteiger partial charge in [-0.3, -0.25) is 0 Å². The van der Waals surface area contributed by atoms with Gasteiger partial charge in [0.25, 0.3) is 10.0 Å². The van der Waals surface area contributed by atoms with Crippen molar-refractivity contribution in [2.45, 2.75) is 23.1 Å². The zero-order valence-electron chi connectivity index (χ0n) is 8.79. The van der Waals surface area contributed by atoms with Gasteiger partial charge in [-0.2, -0.15) is 0 Å². The van der Waals surface area contributed by atoms with E-state index in [0.717, 1.165) is 16.8 Å². The third-order valence-electron chi connectivity index (χ3n) is 2.56. The summed E-state index contributed by atoms with van der Waals surface area (Å²) in [7, 11) is -3.38. The van der Waals surface area contributed by atoms with Gasteiger partial charge in [-0.1, -0.05) is 0 Å². The third kappa shape index (κ3) is 2.65. The summed E-state index contributed by atoms with van der Waals surface area (Å²) < 4.78 is 28.1. The van der Waals surface area contributed by atoms with E-state index in [1.165, 1.54) is 11.3 Å². The van der Waals surface area contributed by atoms with E-state index < -0.39 is 10.0 Å². The Kier molecular flexibility index (Phi) is 3.42. The number of halogens is 1. The normalized spacial score (nSPS) is 26.1. The Bertz CT molecular complexity index is 477. The molecule has 1 atom stereocenters. The second kappa shape index (κ2) is 4.38. The first-order chi connectivity index (χ1) is 7.41. The highest BCUT2D eigenvalue weighted by Gasteiger charge is 2.33. The van der Waals surface area contributed by atoms with Crippen LogP contribution >= 0.6 is 27.3 Å². The lowest BCUT2D eigenvalue weighted by Crippen LogP contribution is -2.47. The number of rotatable bonds is 3. The smallest absolute Gasteiger partial charge is 0.250 e. The molecule has 90 valence electrons. The van der Waals surface area contributed by atoms with Crippen molar-refractivity contribution in [1.29, 1.82) is 0 Å². The van der Waals surface area contributed by atoms with Crippen LogP contribution in [0.15, 0.2) is 20.1 Å². The SMILES string of the molecule is CC1(NS(=O)(=O)c2ccc(Br)s2)CCNC1. The Balaban J connectivity index is 2.20. The first kappa shape index (κ1) is 12.5. The number of thiophene rings is 1. The first-order valence-corrected chi connectivity index (χ1v) is 8.01. The summed E-state index contributed by atoms with van der Waals surface area (Å²) >= 11 is 4.49. The molecule has 2 rings (SSSR count). The van der Waals surface area contributed by atoms with E-state index in [1.807, 2.05) is 6.92 Å². The molecule has 2 heterocycles. The Morgan fingerprint density at radius 1 is 1.56 bits per heavy atom. The van der Waals surface area contributed by atoms with E-state index in [0.29, 0.717) is 10.8 Å². The lowest BCUT2D eigenvalue weighted by molar-refractivity contribution is 0.452. The van der Waals surface area contributed by atoms with Gasteiger partial charge in [-0.25, -0.2) is 13.1 Å². The van der Waals surface area contributed by atoms with Crippen LogP contribution in [0.3, 0.4) is 0 Å². The van der Waals surface area contributed by atoms with Gasteiger partial charge in [0.2, 0.25) is 0 Å². The molecule has 1 aromatic rings. The van der Waals surface area contributed by atoms with Crippen LogP contribution in [0.1, 0.15) is 13.3 Å². The molecule has 0 amide bonds. The molecule has 7 heteroatoms. The van der Waals surface area contributed by atoms with Gasteiger partial charge in [0.1, 0.15) is 4.21 Å². The van der Waals surface area contributed by atoms with Gasteiger partial charge in [-0.15, -0.1) is 11.3 Å². The van der Waals surface area contributed by atoms with Crippen LogP contribution in [0.25, 0.3) is 0 Å². The predicted molar refractivity (Wildman–Crippen MR) is 68.2 cm³/mol. The molecule has 0 spiro atoms. The molecule has 1 saturated heterocycles. The van der Waals surface area contributed by atoms with E-state index in [1.54, 1.807) is 12.1 Å². The summed E-state index contributed by atoms with van der Waals surface area (Å²) in [5.74, 6) is 0. The lowest BCUT2D eigenvalue weighted by atomic mass is 10.0. The summed E-state index contributed by atoms with van der Waals surface area (Å²) in [6, 6.07) is 3.36. The maximum absolute atomic E-state index is 12.1. The fourth-order valence-electron chi connectivity index (χ4n) is 1.72. The molecular formula is C9H13BrN2O2S2. The lowest BCUT2D eigenvalue weighted by Gasteiger charge is -2.23. The average molecular weight is 325 g/mol. The molecular weight excluding hydrogens is 312 g/mol. The number of sulfonamides is 1. The maximum atomic E-state index is 12.1. The molecule has 1 aliphatic heterocycles. The quantitative estimate of drug-likeness (QED) is 0.886. The molecule has 4 nitrogen and oxygen atoms in total. The van der Waals surface area contributed by atoms with Gasteiger partial charge < -0.3 is 5.32 Å². The summed E-state index contributed by atoms with van der Waals surface area (Å²) in [4.78, 5) is 0. The number of nitrogens with one attached hydrogen (secondary N) is 2. The van der Waals surface area contributed by atoms with Crippen LogP contribution in [0.4, 0.5) is 0 Å². The van der Waals surface area contributed by atoms with Gasteiger partial charge >= 0.3 is 0 Å². The van der Waals surface area contributed by atoms with Crippen LogP contribution in [0.2, 0.25) is 0 Å². The minimum Gasteiger partial charge on any atom is -0.315 e. The molecule has 0 aliphatic carbocycles. The zero-order chi connectivity index (χ0) is 11.8. The molecule has 1 aliphatic rings. The Labute approximate surface area is 108 Å². The first-order valence-electron chi connectivity index (χ1n) is 4.91. The van der Waals surface area contributed by atoms with E-state index in [-0.39, 0.29) is 5.54 Å². The minimum absolute atomic E-state index is 0.354. The summed E-state index contributed by atoms with van der Waals surface area (Å²) in [6.07, 6.45) is 0.818. The fraction of sp³-hybridized carbons (Fsp3) is 0.556. The highest BCUT2D eigenvalue weighted by atomic mass is 79.9. The number of hydrogen-bond donors (Lipinski definition) is 2. The third-order valence-corrected chi connectivity index (χ3v) is 6.32. The molecule has 1 aromatic heterocycles. The summed E-state index contributed by atoms with van der Waals surface area (Å²) in [6.45, 7) is 3.46. The maximum Gasteiger partial charge on any atom is 0.250 e. The van der Waals surface area contributed by atoms with Crippen molar-refractivity contribution in [3.05, 3.63) is 15.9 Å². The van der Waals surface area contributed by atoms with Crippen molar-refractivity contribution in [1.82, 2.24) is 10.0 Å². The topological polar surface area (TPSA) is 58.2 Å². The second-order valence-corrected chi connectivity index (χ2v) is 8.52. The molecule has 0 radical (unpaired) electrons. The molecule has 1 fully saturated rings. The fourth-order valence-corrected chi connectivity index (χ4v) is 5.17. The Morgan fingerprint density at radius 2 is 2.31 bits per heavy atom. The van der Waals surface area contributed by atoms with E-state index >= 15 is 0 Å². The van der Waals surface area contributed by atoms with E-state index in [2.05, 4.69) is 26.0 Å². The van der Waals surface area contributed by atoms with Gasteiger partial charge in [0.05, 0.1) is 3.79 Å². The van der Waals surface area contributed by atoms with Crippen molar-refractivity contribution < 1.29 is 8.42 Å². The highest BCUT2D eigenvalue weighted by molar-refractivity contribution is 9.11. The Hall–Kier alpha value is 0.0500. The van der Waals surface area contributed by atoms with Crippen molar-refractivity contribution in [3.8, 4) is 0 Å². The van der Waals surface area contributed by atoms with Crippen LogP contribution in [-0.4, -0.2) is 27.0 Å². The molecule has 0 aromatic carbocycles.